The second-order valence-corrected chi connectivity index (χ2v) is 4.85. The Kier molecular flexibility index (Phi) is 4.42. The van der Waals surface area contributed by atoms with E-state index in [-0.39, 0.29) is 10.6 Å². The predicted octanol–water partition coefficient (Wildman–Crippen LogP) is 3.83. The van der Waals surface area contributed by atoms with E-state index in [4.69, 9.17) is 4.74 Å². The maximum absolute atomic E-state index is 10.9. The molecule has 2 aromatic carbocycles. The number of aryl methyl sites for hydroxylation is 1. The molecule has 5 heteroatoms. The molecule has 21 heavy (non-hydrogen) atoms. The van der Waals surface area contributed by atoms with Gasteiger partial charge in [0, 0.05) is 23.9 Å². The highest BCUT2D eigenvalue weighted by Gasteiger charge is 2.13. The normalized spacial score (nSPS) is 10.2. The molecule has 0 unspecified atom stereocenters. The summed E-state index contributed by atoms with van der Waals surface area (Å²) in [5, 5.41) is 14.3. The van der Waals surface area contributed by atoms with Gasteiger partial charge in [-0.25, -0.2) is 0 Å². The van der Waals surface area contributed by atoms with Crippen molar-refractivity contribution in [2.24, 2.45) is 0 Å². The SMILES string of the molecule is COc1ccc(NCc2cccc([N+](=O)[O-])c2C)c(C)c1. The van der Waals surface area contributed by atoms with Crippen molar-refractivity contribution in [3.05, 3.63) is 63.2 Å². The number of hydrogen-bond donors (Lipinski definition) is 1. The van der Waals surface area contributed by atoms with Crippen LogP contribution in [0.2, 0.25) is 0 Å². The molecule has 0 aliphatic rings. The lowest BCUT2D eigenvalue weighted by Crippen LogP contribution is -2.04. The minimum absolute atomic E-state index is 0.153. The Bertz CT molecular complexity index is 669. The first-order valence-electron chi connectivity index (χ1n) is 6.64. The van der Waals surface area contributed by atoms with Crippen LogP contribution >= 0.6 is 0 Å². The second kappa shape index (κ2) is 6.26. The average molecular weight is 286 g/mol. The topological polar surface area (TPSA) is 64.4 Å². The van der Waals surface area contributed by atoms with Gasteiger partial charge in [-0.3, -0.25) is 10.1 Å². The molecule has 0 radical (unpaired) electrons. The molecule has 0 saturated heterocycles. The summed E-state index contributed by atoms with van der Waals surface area (Å²) in [5.41, 5.74) is 3.82. The molecule has 0 aliphatic heterocycles. The first-order valence-corrected chi connectivity index (χ1v) is 6.64. The highest BCUT2D eigenvalue weighted by molar-refractivity contribution is 5.54. The molecule has 110 valence electrons. The van der Waals surface area contributed by atoms with Crippen LogP contribution < -0.4 is 10.1 Å². The third-order valence-corrected chi connectivity index (χ3v) is 3.52. The Balaban J connectivity index is 2.17. The summed E-state index contributed by atoms with van der Waals surface area (Å²) >= 11 is 0. The molecule has 0 spiro atoms. The zero-order valence-electron chi connectivity index (χ0n) is 12.3. The Morgan fingerprint density at radius 2 is 2.00 bits per heavy atom. The van der Waals surface area contributed by atoms with E-state index in [1.807, 2.05) is 31.2 Å². The van der Waals surface area contributed by atoms with Crippen LogP contribution in [0.25, 0.3) is 0 Å². The third-order valence-electron chi connectivity index (χ3n) is 3.52. The number of nitrogens with zero attached hydrogens (tertiary/aromatic N) is 1. The lowest BCUT2D eigenvalue weighted by atomic mass is 10.1. The molecule has 1 N–H and O–H groups in total. The smallest absolute Gasteiger partial charge is 0.272 e. The molecule has 0 amide bonds. The number of benzene rings is 2. The number of methoxy groups -OCH3 is 1. The zero-order chi connectivity index (χ0) is 15.4. The number of nitrogens with one attached hydrogen (secondary N) is 1. The van der Waals surface area contributed by atoms with Gasteiger partial charge in [0.05, 0.1) is 12.0 Å². The number of nitro groups is 1. The van der Waals surface area contributed by atoms with Crippen molar-refractivity contribution in [1.82, 2.24) is 0 Å². The van der Waals surface area contributed by atoms with Gasteiger partial charge in [-0.05, 0) is 43.2 Å². The molecule has 0 bridgehead atoms. The fraction of sp³-hybridized carbons (Fsp3) is 0.250. The van der Waals surface area contributed by atoms with Crippen LogP contribution in [-0.2, 0) is 6.54 Å². The zero-order valence-corrected chi connectivity index (χ0v) is 12.3. The van der Waals surface area contributed by atoms with Crippen LogP contribution in [0.15, 0.2) is 36.4 Å². The lowest BCUT2D eigenvalue weighted by Gasteiger charge is -2.12. The van der Waals surface area contributed by atoms with Crippen LogP contribution in [0.1, 0.15) is 16.7 Å². The van der Waals surface area contributed by atoms with Gasteiger partial charge in [-0.1, -0.05) is 12.1 Å². The van der Waals surface area contributed by atoms with Crippen molar-refractivity contribution in [2.45, 2.75) is 20.4 Å². The monoisotopic (exact) mass is 286 g/mol. The number of hydrogen-bond acceptors (Lipinski definition) is 4. The minimum atomic E-state index is -0.350. The number of anilines is 1. The number of ether oxygens (including phenoxy) is 1. The number of nitro benzene ring substituents is 1. The fourth-order valence-corrected chi connectivity index (χ4v) is 2.21. The summed E-state index contributed by atoms with van der Waals surface area (Å²) < 4.78 is 5.17. The minimum Gasteiger partial charge on any atom is -0.497 e. The van der Waals surface area contributed by atoms with E-state index in [9.17, 15) is 10.1 Å². The van der Waals surface area contributed by atoms with Crippen LogP contribution in [0, 0.1) is 24.0 Å². The summed E-state index contributed by atoms with van der Waals surface area (Å²) in [6.45, 7) is 4.31. The summed E-state index contributed by atoms with van der Waals surface area (Å²) in [6.07, 6.45) is 0. The molecule has 0 saturated carbocycles. The van der Waals surface area contributed by atoms with Gasteiger partial charge in [-0.2, -0.15) is 0 Å². The fourth-order valence-electron chi connectivity index (χ4n) is 2.21. The van der Waals surface area contributed by atoms with E-state index in [2.05, 4.69) is 5.32 Å². The Morgan fingerprint density at radius 1 is 1.24 bits per heavy atom. The van der Waals surface area contributed by atoms with Gasteiger partial charge in [0.1, 0.15) is 5.75 Å². The summed E-state index contributed by atoms with van der Waals surface area (Å²) in [6, 6.07) is 10.9. The Labute approximate surface area is 123 Å². The lowest BCUT2D eigenvalue weighted by molar-refractivity contribution is -0.385. The van der Waals surface area contributed by atoms with E-state index in [1.54, 1.807) is 20.1 Å². The van der Waals surface area contributed by atoms with Crippen molar-refractivity contribution >= 4 is 11.4 Å². The third kappa shape index (κ3) is 3.31. The second-order valence-electron chi connectivity index (χ2n) is 4.85. The van der Waals surface area contributed by atoms with E-state index in [0.717, 1.165) is 22.6 Å². The maximum atomic E-state index is 10.9. The molecule has 0 atom stereocenters. The first-order chi connectivity index (χ1) is 10.0. The van der Waals surface area contributed by atoms with Crippen molar-refractivity contribution < 1.29 is 9.66 Å². The van der Waals surface area contributed by atoms with Crippen LogP contribution in [0.3, 0.4) is 0 Å². The quantitative estimate of drug-likeness (QED) is 0.670. The van der Waals surface area contributed by atoms with Crippen LogP contribution in [-0.4, -0.2) is 12.0 Å². The molecule has 0 aliphatic carbocycles. The summed E-state index contributed by atoms with van der Waals surface area (Å²) in [5.74, 6) is 0.810. The average Bonchev–Trinajstić information content (AvgIpc) is 2.46. The number of rotatable bonds is 5. The van der Waals surface area contributed by atoms with Gasteiger partial charge in [0.25, 0.3) is 5.69 Å². The van der Waals surface area contributed by atoms with Gasteiger partial charge >= 0.3 is 0 Å². The Morgan fingerprint density at radius 3 is 2.62 bits per heavy atom. The first kappa shape index (κ1) is 14.8. The van der Waals surface area contributed by atoms with Crippen molar-refractivity contribution in [3.63, 3.8) is 0 Å². The van der Waals surface area contributed by atoms with Gasteiger partial charge in [0.2, 0.25) is 0 Å². The molecule has 5 nitrogen and oxygen atoms in total. The highest BCUT2D eigenvalue weighted by Crippen LogP contribution is 2.24. The molecule has 0 heterocycles. The van der Waals surface area contributed by atoms with Gasteiger partial charge in [0.15, 0.2) is 0 Å². The maximum Gasteiger partial charge on any atom is 0.272 e. The molecule has 0 fully saturated rings. The van der Waals surface area contributed by atoms with Gasteiger partial charge < -0.3 is 10.1 Å². The van der Waals surface area contributed by atoms with Crippen molar-refractivity contribution in [2.75, 3.05) is 12.4 Å². The van der Waals surface area contributed by atoms with Crippen molar-refractivity contribution in [1.29, 1.82) is 0 Å². The summed E-state index contributed by atoms with van der Waals surface area (Å²) in [7, 11) is 1.63. The van der Waals surface area contributed by atoms with E-state index in [0.29, 0.717) is 12.1 Å². The van der Waals surface area contributed by atoms with E-state index in [1.165, 1.54) is 6.07 Å². The van der Waals surface area contributed by atoms with Crippen LogP contribution in [0.5, 0.6) is 5.75 Å². The molecular weight excluding hydrogens is 268 g/mol. The molecule has 2 rings (SSSR count). The highest BCUT2D eigenvalue weighted by atomic mass is 16.6. The summed E-state index contributed by atoms with van der Waals surface area (Å²) in [4.78, 5) is 10.6. The predicted molar refractivity (Wildman–Crippen MR) is 82.9 cm³/mol. The van der Waals surface area contributed by atoms with E-state index < -0.39 is 0 Å². The molecule has 2 aromatic rings. The molecule has 0 aromatic heterocycles. The Hall–Kier alpha value is -2.56. The van der Waals surface area contributed by atoms with Crippen molar-refractivity contribution in [3.8, 4) is 5.75 Å². The largest absolute Gasteiger partial charge is 0.497 e. The van der Waals surface area contributed by atoms with Gasteiger partial charge in [-0.15, -0.1) is 0 Å². The molecular formula is C16H18N2O3. The van der Waals surface area contributed by atoms with E-state index >= 15 is 0 Å². The standard InChI is InChI=1S/C16H18N2O3/c1-11-9-14(21-3)7-8-15(11)17-10-13-5-4-6-16(12(13)2)18(19)20/h4-9,17H,10H2,1-3H3. The van der Waals surface area contributed by atoms with Crippen LogP contribution in [0.4, 0.5) is 11.4 Å².